The number of phenols is 1. The second-order valence-electron chi connectivity index (χ2n) is 9.49. The molecule has 0 fully saturated rings. The summed E-state index contributed by atoms with van der Waals surface area (Å²) in [6.45, 7) is 3.38. The molecule has 0 radical (unpaired) electrons. The number of aromatic hydroxyl groups is 1. The molecule has 1 N–H and O–H groups in total. The molecule has 0 amide bonds. The zero-order chi connectivity index (χ0) is 29.3. The van der Waals surface area contributed by atoms with Gasteiger partial charge in [0.1, 0.15) is 11.3 Å². The molecular weight excluding hydrogens is 604 g/mol. The van der Waals surface area contributed by atoms with E-state index in [0.717, 1.165) is 6.07 Å². The molecule has 0 aliphatic heterocycles. The molecule has 5 aromatic rings. The fourth-order valence-corrected chi connectivity index (χ4v) is 5.28. The second kappa shape index (κ2) is 9.69. The molecule has 0 spiro atoms. The van der Waals surface area contributed by atoms with Gasteiger partial charge in [-0.1, -0.05) is 28.9 Å². The molecule has 1 unspecified atom stereocenters. The van der Waals surface area contributed by atoms with Crippen molar-refractivity contribution in [2.75, 3.05) is 0 Å². The molecule has 5 rings (SSSR count). The number of fused-ring (bicyclic) bond motifs is 2. The van der Waals surface area contributed by atoms with Gasteiger partial charge in [0, 0.05) is 34.8 Å². The van der Waals surface area contributed by atoms with Crippen LogP contribution in [0.4, 0.5) is 26.3 Å². The highest BCUT2D eigenvalue weighted by molar-refractivity contribution is 9.09. The molecule has 208 valence electrons. The standard InChI is InChI=1S/C28H20BrF6N3O2/c1-12(29)7-14-10-21(26(39)15-8-18(30)23(32)19(31)9-15)38-6-4-5-16(25(14)38)22-17(28(33,34)35)11-20-24(27(22)40)36-13(2)37(20)3/h4-6,8-12,40H,7H2,1-3H3. The van der Waals surface area contributed by atoms with Crippen LogP contribution in [0.25, 0.3) is 27.7 Å². The third kappa shape index (κ3) is 4.43. The zero-order valence-corrected chi connectivity index (χ0v) is 22.8. The van der Waals surface area contributed by atoms with Gasteiger partial charge in [0.2, 0.25) is 5.78 Å². The molecule has 0 aliphatic carbocycles. The topological polar surface area (TPSA) is 59.5 Å². The van der Waals surface area contributed by atoms with Crippen molar-refractivity contribution < 1.29 is 36.2 Å². The molecule has 0 aliphatic rings. The number of carbonyl (C=O) groups excluding carboxylic acids is 1. The number of phenolic OH excluding ortho intramolecular Hbond substituents is 1. The molecular formula is C28H20BrF6N3O2. The van der Waals surface area contributed by atoms with E-state index in [1.165, 1.54) is 40.4 Å². The Labute approximate surface area is 231 Å². The molecule has 0 saturated heterocycles. The first-order chi connectivity index (χ1) is 18.7. The van der Waals surface area contributed by atoms with Crippen LogP contribution in [-0.4, -0.2) is 29.7 Å². The van der Waals surface area contributed by atoms with Crippen LogP contribution in [0.3, 0.4) is 0 Å². The van der Waals surface area contributed by atoms with Gasteiger partial charge in [0.05, 0.1) is 22.3 Å². The van der Waals surface area contributed by atoms with E-state index in [2.05, 4.69) is 20.9 Å². The Kier molecular flexibility index (Phi) is 6.72. The van der Waals surface area contributed by atoms with Gasteiger partial charge in [-0.3, -0.25) is 4.79 Å². The van der Waals surface area contributed by atoms with E-state index in [1.807, 2.05) is 0 Å². The van der Waals surface area contributed by atoms with Crippen LogP contribution in [-0.2, 0) is 19.6 Å². The number of pyridine rings is 1. The summed E-state index contributed by atoms with van der Waals surface area (Å²) in [6.07, 6.45) is -3.21. The van der Waals surface area contributed by atoms with Gasteiger partial charge in [-0.15, -0.1) is 0 Å². The van der Waals surface area contributed by atoms with E-state index < -0.39 is 51.9 Å². The lowest BCUT2D eigenvalue weighted by atomic mass is 9.95. The van der Waals surface area contributed by atoms with Gasteiger partial charge in [-0.05, 0) is 49.2 Å². The molecule has 12 heteroatoms. The van der Waals surface area contributed by atoms with Gasteiger partial charge >= 0.3 is 6.18 Å². The van der Waals surface area contributed by atoms with E-state index in [9.17, 15) is 36.2 Å². The summed E-state index contributed by atoms with van der Waals surface area (Å²) < 4.78 is 87.5. The van der Waals surface area contributed by atoms with Crippen molar-refractivity contribution in [3.8, 4) is 16.9 Å². The molecule has 5 nitrogen and oxygen atoms in total. The molecule has 3 aromatic heterocycles. The lowest BCUT2D eigenvalue weighted by molar-refractivity contribution is -0.137. The predicted molar refractivity (Wildman–Crippen MR) is 140 cm³/mol. The first kappa shape index (κ1) is 27.8. The highest BCUT2D eigenvalue weighted by Gasteiger charge is 2.38. The zero-order valence-electron chi connectivity index (χ0n) is 21.2. The molecule has 3 heterocycles. The van der Waals surface area contributed by atoms with Gasteiger partial charge in [0.25, 0.3) is 0 Å². The normalized spacial score (nSPS) is 12.9. The van der Waals surface area contributed by atoms with Crippen molar-refractivity contribution in [2.45, 2.75) is 31.3 Å². The second-order valence-corrected chi connectivity index (χ2v) is 11.1. The number of rotatable bonds is 5. The number of hydrogen-bond acceptors (Lipinski definition) is 3. The molecule has 1 atom stereocenters. The van der Waals surface area contributed by atoms with Crippen molar-refractivity contribution in [2.24, 2.45) is 7.05 Å². The molecule has 40 heavy (non-hydrogen) atoms. The minimum atomic E-state index is -4.87. The van der Waals surface area contributed by atoms with E-state index in [0.29, 0.717) is 23.5 Å². The third-order valence-electron chi connectivity index (χ3n) is 6.80. The van der Waals surface area contributed by atoms with Crippen molar-refractivity contribution >= 4 is 38.3 Å². The van der Waals surface area contributed by atoms with Crippen LogP contribution in [0.2, 0.25) is 0 Å². The Morgan fingerprint density at radius 2 is 1.77 bits per heavy atom. The Bertz CT molecular complexity index is 1820. The van der Waals surface area contributed by atoms with Gasteiger partial charge in [-0.25, -0.2) is 18.2 Å². The quantitative estimate of drug-likeness (QED) is 0.0954. The molecule has 0 saturated carbocycles. The van der Waals surface area contributed by atoms with Crippen LogP contribution in [0.5, 0.6) is 5.75 Å². The number of ketones is 1. The SMILES string of the molecule is Cc1nc2c(O)c(-c3cccn4c(C(=O)c5cc(F)c(F)c(F)c5)cc(CC(C)Br)c34)c(C(F)(F)F)cc2n1C. The number of alkyl halides is 4. The summed E-state index contributed by atoms with van der Waals surface area (Å²) in [5, 5.41) is 11.2. The molecule has 0 bridgehead atoms. The summed E-state index contributed by atoms with van der Waals surface area (Å²) in [4.78, 5) is 17.5. The summed E-state index contributed by atoms with van der Waals surface area (Å²) in [6, 6.07) is 6.21. The van der Waals surface area contributed by atoms with E-state index in [-0.39, 0.29) is 39.1 Å². The number of benzene rings is 2. The largest absolute Gasteiger partial charge is 0.505 e. The van der Waals surface area contributed by atoms with Crippen molar-refractivity contribution in [3.05, 3.63) is 88.3 Å². The lowest BCUT2D eigenvalue weighted by Gasteiger charge is -2.18. The maximum Gasteiger partial charge on any atom is 0.417 e. The smallest absolute Gasteiger partial charge is 0.417 e. The highest BCUT2D eigenvalue weighted by Crippen LogP contribution is 2.47. The van der Waals surface area contributed by atoms with Crippen LogP contribution in [0.1, 0.15) is 39.9 Å². The van der Waals surface area contributed by atoms with Crippen LogP contribution < -0.4 is 0 Å². The maximum absolute atomic E-state index is 14.4. The number of carbonyl (C=O) groups is 1. The monoisotopic (exact) mass is 623 g/mol. The average Bonchev–Trinajstić information content (AvgIpc) is 3.38. The van der Waals surface area contributed by atoms with Crippen molar-refractivity contribution in [3.63, 3.8) is 0 Å². The van der Waals surface area contributed by atoms with Gasteiger partial charge in [-0.2, -0.15) is 13.2 Å². The minimum Gasteiger partial charge on any atom is -0.505 e. The Morgan fingerprint density at radius 1 is 1.12 bits per heavy atom. The minimum absolute atomic E-state index is 0.0273. The number of aryl methyl sites for hydroxylation is 2. The first-order valence-corrected chi connectivity index (χ1v) is 12.8. The fourth-order valence-electron chi connectivity index (χ4n) is 4.93. The number of halogens is 7. The predicted octanol–water partition coefficient (Wildman–Crippen LogP) is 7.50. The number of nitrogens with zero attached hydrogens (tertiary/aromatic N) is 3. The van der Waals surface area contributed by atoms with Crippen LogP contribution in [0, 0.1) is 24.4 Å². The highest BCUT2D eigenvalue weighted by atomic mass is 79.9. The summed E-state index contributed by atoms with van der Waals surface area (Å²) >= 11 is 3.42. The maximum atomic E-state index is 14.4. The third-order valence-corrected chi connectivity index (χ3v) is 7.12. The summed E-state index contributed by atoms with van der Waals surface area (Å²) in [7, 11) is 1.53. The van der Waals surface area contributed by atoms with Crippen LogP contribution in [0.15, 0.2) is 42.6 Å². The van der Waals surface area contributed by atoms with Crippen LogP contribution >= 0.6 is 15.9 Å². The van der Waals surface area contributed by atoms with E-state index in [4.69, 9.17) is 0 Å². The van der Waals surface area contributed by atoms with E-state index in [1.54, 1.807) is 13.8 Å². The van der Waals surface area contributed by atoms with Gasteiger partial charge in [0.15, 0.2) is 23.2 Å². The fraction of sp³-hybridized carbons (Fsp3) is 0.214. The Hall–Kier alpha value is -3.80. The Morgan fingerprint density at radius 3 is 2.38 bits per heavy atom. The Balaban J connectivity index is 1.86. The summed E-state index contributed by atoms with van der Waals surface area (Å²) in [5.41, 5.74) is -1.61. The number of imidazole rings is 1. The average molecular weight is 624 g/mol. The van der Waals surface area contributed by atoms with Crippen molar-refractivity contribution in [1.82, 2.24) is 14.0 Å². The van der Waals surface area contributed by atoms with Gasteiger partial charge < -0.3 is 14.1 Å². The number of aromatic nitrogens is 3. The lowest BCUT2D eigenvalue weighted by Crippen LogP contribution is -2.10. The van der Waals surface area contributed by atoms with Crippen molar-refractivity contribution in [1.29, 1.82) is 0 Å². The van der Waals surface area contributed by atoms with E-state index >= 15 is 0 Å². The first-order valence-electron chi connectivity index (χ1n) is 11.9. The number of hydrogen-bond donors (Lipinski definition) is 1. The summed E-state index contributed by atoms with van der Waals surface area (Å²) in [5.74, 6) is -6.03. The molecule has 2 aromatic carbocycles.